The van der Waals surface area contributed by atoms with E-state index in [4.69, 9.17) is 15.6 Å². The van der Waals surface area contributed by atoms with Crippen LogP contribution in [-0.2, 0) is 11.3 Å². The van der Waals surface area contributed by atoms with E-state index in [1.54, 1.807) is 30.6 Å². The van der Waals surface area contributed by atoms with Crippen LogP contribution in [0.4, 0.5) is 5.13 Å². The zero-order chi connectivity index (χ0) is 37.5. The Balaban J connectivity index is 1.01. The molecule has 0 radical (unpaired) electrons. The number of nitrogens with zero attached hydrogens (tertiary/aromatic N) is 5. The molecular weight excluding hydrogens is 699 g/mol. The predicted octanol–water partition coefficient (Wildman–Crippen LogP) is 8.12. The molecule has 10 rings (SSSR count). The minimum absolute atomic E-state index is 0.0336. The van der Waals surface area contributed by atoms with Crippen molar-refractivity contribution < 1.29 is 19.4 Å². The fourth-order valence-corrected chi connectivity index (χ4v) is 12.1. The van der Waals surface area contributed by atoms with Crippen LogP contribution in [0.15, 0.2) is 73.1 Å². The van der Waals surface area contributed by atoms with Crippen LogP contribution in [0.5, 0.6) is 0 Å². The highest BCUT2D eigenvalue weighted by atomic mass is 32.1. The second-order valence-electron chi connectivity index (χ2n) is 16.7. The molecule has 12 heteroatoms. The topological polar surface area (TPSA) is 158 Å². The fraction of sp³-hybridized carbons (Fsp3) is 0.381. The summed E-state index contributed by atoms with van der Waals surface area (Å²) >= 11 is 1.41. The lowest BCUT2D eigenvalue weighted by molar-refractivity contribution is -0.247. The first-order valence-corrected chi connectivity index (χ1v) is 19.4. The quantitative estimate of drug-likeness (QED) is 0.126. The zero-order valence-corrected chi connectivity index (χ0v) is 31.5. The van der Waals surface area contributed by atoms with Crippen LogP contribution in [0.3, 0.4) is 0 Å². The molecule has 276 valence electrons. The molecule has 2 atom stereocenters. The molecule has 2 aromatic carbocycles. The number of hydrogen-bond donors (Lipinski definition) is 3. The average Bonchev–Trinajstić information content (AvgIpc) is 3.70. The van der Waals surface area contributed by atoms with Crippen LogP contribution in [0, 0.1) is 23.2 Å². The number of pyridine rings is 2. The Morgan fingerprint density at radius 2 is 1.70 bits per heavy atom. The van der Waals surface area contributed by atoms with Gasteiger partial charge in [0.05, 0.1) is 39.8 Å². The number of carbonyl (C=O) groups is 2. The highest BCUT2D eigenvalue weighted by Gasteiger charge is 2.66. The standard InChI is InChI=1S/C42H43N7O4S/c1-25-30(17-45-49(25)24-41-19-39(2)18-40(3,20-41)22-42(21-39,23-41)53-14-13-43)27-11-12-31(46-35(27)37(51)52)26-15-29-28(7-6-9-32(29)44-16-26)36(50)48-38-47-33-8-4-5-10-34(33)54-38/h4-12,15-17H,13-14,18-24,43H2,1-3H3,(H,51,52)(H,47,48,50). The van der Waals surface area contributed by atoms with Gasteiger partial charge >= 0.3 is 5.97 Å². The molecule has 4 N–H and O–H groups in total. The van der Waals surface area contributed by atoms with E-state index in [9.17, 15) is 14.7 Å². The Morgan fingerprint density at radius 1 is 0.926 bits per heavy atom. The zero-order valence-electron chi connectivity index (χ0n) is 30.7. The van der Waals surface area contributed by atoms with Gasteiger partial charge in [-0.25, -0.2) is 14.8 Å². The molecule has 4 aliphatic carbocycles. The molecule has 4 bridgehead atoms. The number of carboxylic acids is 1. The number of fused-ring (bicyclic) bond motifs is 2. The number of anilines is 1. The second-order valence-corrected chi connectivity index (χ2v) is 17.8. The molecule has 11 nitrogen and oxygen atoms in total. The van der Waals surface area contributed by atoms with Gasteiger partial charge in [-0.3, -0.25) is 19.8 Å². The van der Waals surface area contributed by atoms with Gasteiger partial charge in [-0.2, -0.15) is 5.10 Å². The van der Waals surface area contributed by atoms with Crippen LogP contribution < -0.4 is 11.1 Å². The van der Waals surface area contributed by atoms with Gasteiger partial charge in [0.2, 0.25) is 0 Å². The van der Waals surface area contributed by atoms with Crippen molar-refractivity contribution >= 4 is 49.5 Å². The summed E-state index contributed by atoms with van der Waals surface area (Å²) in [6.45, 7) is 8.71. The van der Waals surface area contributed by atoms with Crippen molar-refractivity contribution in [3.63, 3.8) is 0 Å². The summed E-state index contributed by atoms with van der Waals surface area (Å²) in [6.07, 6.45) is 10.0. The number of nitrogens with one attached hydrogen (secondary N) is 1. The first-order chi connectivity index (χ1) is 25.9. The molecule has 4 aliphatic rings. The number of aromatic nitrogens is 5. The van der Waals surface area contributed by atoms with E-state index in [0.717, 1.165) is 60.1 Å². The third kappa shape index (κ3) is 5.96. The van der Waals surface area contributed by atoms with Gasteiger partial charge in [-0.1, -0.05) is 43.4 Å². The lowest BCUT2D eigenvalue weighted by atomic mass is 9.39. The molecule has 4 aromatic heterocycles. The Morgan fingerprint density at radius 3 is 2.46 bits per heavy atom. The van der Waals surface area contributed by atoms with E-state index in [0.29, 0.717) is 51.6 Å². The van der Waals surface area contributed by atoms with Gasteiger partial charge in [0.1, 0.15) is 0 Å². The highest BCUT2D eigenvalue weighted by molar-refractivity contribution is 7.22. The van der Waals surface area contributed by atoms with Gasteiger partial charge in [-0.05, 0) is 104 Å². The lowest BCUT2D eigenvalue weighted by Crippen LogP contribution is -2.64. The molecule has 1 amide bonds. The fourth-order valence-electron chi connectivity index (χ4n) is 11.2. The van der Waals surface area contributed by atoms with Crippen molar-refractivity contribution in [2.24, 2.45) is 22.0 Å². The van der Waals surface area contributed by atoms with E-state index in [1.807, 2.05) is 49.4 Å². The van der Waals surface area contributed by atoms with Crippen molar-refractivity contribution in [2.45, 2.75) is 71.4 Å². The summed E-state index contributed by atoms with van der Waals surface area (Å²) < 4.78 is 9.65. The summed E-state index contributed by atoms with van der Waals surface area (Å²) in [4.78, 5) is 40.2. The summed E-state index contributed by atoms with van der Waals surface area (Å²) in [7, 11) is 0. The summed E-state index contributed by atoms with van der Waals surface area (Å²) in [5.74, 6) is -1.44. The molecule has 0 saturated heterocycles. The first-order valence-electron chi connectivity index (χ1n) is 18.5. The first kappa shape index (κ1) is 34.7. The number of nitrogens with two attached hydrogens (primary N) is 1. The molecule has 0 aliphatic heterocycles. The minimum atomic E-state index is -1.13. The molecule has 6 aromatic rings. The van der Waals surface area contributed by atoms with E-state index in [-0.39, 0.29) is 33.4 Å². The van der Waals surface area contributed by atoms with E-state index in [1.165, 1.54) is 17.8 Å². The van der Waals surface area contributed by atoms with E-state index in [2.05, 4.69) is 38.8 Å². The molecule has 4 heterocycles. The Hall–Kier alpha value is -5.04. The SMILES string of the molecule is Cc1c(-c2ccc(-c3cnc4cccc(C(=O)Nc5nc6ccccc6s5)c4c3)nc2C(=O)O)cnn1CC12CC3(C)CC(C)(C1)CC(OCCN)(C3)C2. The third-order valence-electron chi connectivity index (χ3n) is 11.9. The number of benzene rings is 2. The largest absolute Gasteiger partial charge is 0.476 e. The van der Waals surface area contributed by atoms with Crippen molar-refractivity contribution in [1.29, 1.82) is 0 Å². The number of rotatable bonds is 10. The number of carboxylic acid groups (broad SMARTS) is 1. The predicted molar refractivity (Wildman–Crippen MR) is 210 cm³/mol. The summed E-state index contributed by atoms with van der Waals surface area (Å²) in [5.41, 5.74) is 11.2. The number of ether oxygens (including phenoxy) is 1. The molecule has 2 unspecified atom stereocenters. The van der Waals surface area contributed by atoms with Gasteiger partial charge in [0.25, 0.3) is 5.91 Å². The summed E-state index contributed by atoms with van der Waals surface area (Å²) in [6, 6.07) is 18.5. The average molecular weight is 742 g/mol. The van der Waals surface area contributed by atoms with Crippen LogP contribution >= 0.6 is 11.3 Å². The maximum Gasteiger partial charge on any atom is 0.355 e. The van der Waals surface area contributed by atoms with Crippen LogP contribution in [-0.4, -0.2) is 60.5 Å². The molecule has 54 heavy (non-hydrogen) atoms. The smallest absolute Gasteiger partial charge is 0.355 e. The highest BCUT2D eigenvalue weighted by Crippen LogP contribution is 2.72. The number of carbonyl (C=O) groups excluding carboxylic acids is 1. The number of aromatic carboxylic acids is 1. The molecule has 4 saturated carbocycles. The van der Waals surface area contributed by atoms with Crippen LogP contribution in [0.1, 0.15) is 78.9 Å². The number of hydrogen-bond acceptors (Lipinski definition) is 9. The molecule has 4 fully saturated rings. The van der Waals surface area contributed by atoms with Crippen LogP contribution in [0.25, 0.3) is 43.5 Å². The maximum atomic E-state index is 13.5. The molecular formula is C42H43N7O4S. The second kappa shape index (κ2) is 12.5. The Bertz CT molecular complexity index is 2440. The Kier molecular flexibility index (Phi) is 8.04. The van der Waals surface area contributed by atoms with Gasteiger partial charge in [0.15, 0.2) is 10.8 Å². The van der Waals surface area contributed by atoms with Crippen molar-refractivity contribution in [2.75, 3.05) is 18.5 Å². The minimum Gasteiger partial charge on any atom is -0.476 e. The number of para-hydroxylation sites is 1. The number of thiazole rings is 1. The van der Waals surface area contributed by atoms with Gasteiger partial charge in [-0.15, -0.1) is 0 Å². The number of amides is 1. The maximum absolute atomic E-state index is 13.5. The van der Waals surface area contributed by atoms with Gasteiger partial charge < -0.3 is 15.6 Å². The lowest BCUT2D eigenvalue weighted by Gasteiger charge is -2.69. The molecule has 0 spiro atoms. The van der Waals surface area contributed by atoms with E-state index >= 15 is 0 Å². The van der Waals surface area contributed by atoms with Gasteiger partial charge in [0, 0.05) is 52.6 Å². The monoisotopic (exact) mass is 741 g/mol. The van der Waals surface area contributed by atoms with Crippen molar-refractivity contribution in [1.82, 2.24) is 24.7 Å². The Labute approximate surface area is 317 Å². The van der Waals surface area contributed by atoms with Crippen LogP contribution in [0.2, 0.25) is 0 Å². The van der Waals surface area contributed by atoms with Crippen molar-refractivity contribution in [3.05, 3.63) is 90.0 Å². The normalized spacial score (nSPS) is 25.8. The third-order valence-corrected chi connectivity index (χ3v) is 12.9. The van der Waals surface area contributed by atoms with E-state index < -0.39 is 5.97 Å². The van der Waals surface area contributed by atoms with Crippen molar-refractivity contribution in [3.8, 4) is 22.4 Å². The summed E-state index contributed by atoms with van der Waals surface area (Å²) in [5, 5.41) is 19.4.